The quantitative estimate of drug-likeness (QED) is 0.642. The van der Waals surface area contributed by atoms with Crippen molar-refractivity contribution in [2.45, 2.75) is 31.5 Å². The van der Waals surface area contributed by atoms with Crippen LogP contribution in [0.3, 0.4) is 0 Å². The number of halogens is 3. The van der Waals surface area contributed by atoms with E-state index in [4.69, 9.17) is 9.47 Å². The molecule has 0 saturated carbocycles. The van der Waals surface area contributed by atoms with E-state index in [-0.39, 0.29) is 12.0 Å². The van der Waals surface area contributed by atoms with Crippen molar-refractivity contribution in [3.8, 4) is 11.5 Å². The van der Waals surface area contributed by atoms with E-state index < -0.39 is 11.7 Å². The molecule has 1 aliphatic rings. The minimum atomic E-state index is -4.38. The molecule has 1 heterocycles. The summed E-state index contributed by atoms with van der Waals surface area (Å²) < 4.78 is 49.1. The molecule has 29 heavy (non-hydrogen) atoms. The van der Waals surface area contributed by atoms with Gasteiger partial charge < -0.3 is 20.1 Å². The maximum absolute atomic E-state index is 12.5. The van der Waals surface area contributed by atoms with E-state index in [0.29, 0.717) is 31.7 Å². The lowest BCUT2D eigenvalue weighted by molar-refractivity contribution is -0.137. The van der Waals surface area contributed by atoms with E-state index in [1.165, 1.54) is 12.1 Å². The molecule has 0 radical (unpaired) electrons. The number of carbonyl (C=O) groups is 1. The van der Waals surface area contributed by atoms with Gasteiger partial charge in [-0.1, -0.05) is 12.1 Å². The number of amides is 1. The van der Waals surface area contributed by atoms with Crippen LogP contribution in [0, 0.1) is 0 Å². The Morgan fingerprint density at radius 1 is 1.03 bits per heavy atom. The molecule has 5 nitrogen and oxygen atoms in total. The molecule has 0 aliphatic carbocycles. The van der Waals surface area contributed by atoms with E-state index >= 15 is 0 Å². The van der Waals surface area contributed by atoms with Gasteiger partial charge in [0.15, 0.2) is 11.5 Å². The SMILES string of the molecule is O=C(CCCCNC[C@@H]1COc2ccccc2O1)Nc1ccc(C(F)(F)F)cc1. The van der Waals surface area contributed by atoms with Crippen molar-refractivity contribution in [3.63, 3.8) is 0 Å². The fourth-order valence-corrected chi connectivity index (χ4v) is 2.93. The van der Waals surface area contributed by atoms with E-state index in [2.05, 4.69) is 10.6 Å². The van der Waals surface area contributed by atoms with Crippen molar-refractivity contribution in [1.82, 2.24) is 5.32 Å². The van der Waals surface area contributed by atoms with Crippen LogP contribution in [0.4, 0.5) is 18.9 Å². The maximum atomic E-state index is 12.5. The highest BCUT2D eigenvalue weighted by atomic mass is 19.4. The number of unbranched alkanes of at least 4 members (excludes halogenated alkanes) is 1. The van der Waals surface area contributed by atoms with Crippen LogP contribution in [-0.2, 0) is 11.0 Å². The van der Waals surface area contributed by atoms with Gasteiger partial charge in [0.2, 0.25) is 5.91 Å². The summed E-state index contributed by atoms with van der Waals surface area (Å²) in [5.74, 6) is 1.28. The van der Waals surface area contributed by atoms with Crippen LogP contribution >= 0.6 is 0 Å². The number of carbonyl (C=O) groups excluding carboxylic acids is 1. The van der Waals surface area contributed by atoms with Gasteiger partial charge in [-0.2, -0.15) is 13.2 Å². The Morgan fingerprint density at radius 2 is 1.76 bits per heavy atom. The number of rotatable bonds is 8. The minimum absolute atomic E-state index is 0.0622. The summed E-state index contributed by atoms with van der Waals surface area (Å²) in [5.41, 5.74) is -0.381. The minimum Gasteiger partial charge on any atom is -0.486 e. The number of hydrogen-bond donors (Lipinski definition) is 2. The fourth-order valence-electron chi connectivity index (χ4n) is 2.93. The van der Waals surface area contributed by atoms with Gasteiger partial charge in [-0.05, 0) is 55.8 Å². The van der Waals surface area contributed by atoms with E-state index in [0.717, 1.165) is 36.6 Å². The molecule has 2 aromatic rings. The van der Waals surface area contributed by atoms with Crippen molar-refractivity contribution in [1.29, 1.82) is 0 Å². The second kappa shape index (κ2) is 9.65. The summed E-state index contributed by atoms with van der Waals surface area (Å²) in [6.07, 6.45) is -2.67. The zero-order valence-electron chi connectivity index (χ0n) is 15.8. The first-order chi connectivity index (χ1) is 13.9. The number of alkyl halides is 3. The monoisotopic (exact) mass is 408 g/mol. The molecule has 0 unspecified atom stereocenters. The molecular formula is C21H23F3N2O3. The Labute approximate surface area is 167 Å². The number of para-hydroxylation sites is 2. The number of benzene rings is 2. The maximum Gasteiger partial charge on any atom is 0.416 e. The van der Waals surface area contributed by atoms with Gasteiger partial charge >= 0.3 is 6.18 Å². The molecular weight excluding hydrogens is 385 g/mol. The third-order valence-corrected chi connectivity index (χ3v) is 4.44. The highest BCUT2D eigenvalue weighted by Gasteiger charge is 2.30. The molecule has 0 aromatic heterocycles. The van der Waals surface area contributed by atoms with Crippen molar-refractivity contribution >= 4 is 11.6 Å². The first kappa shape index (κ1) is 21.0. The molecule has 3 rings (SSSR count). The molecule has 0 bridgehead atoms. The second-order valence-electron chi connectivity index (χ2n) is 6.78. The number of anilines is 1. The summed E-state index contributed by atoms with van der Waals surface area (Å²) >= 11 is 0. The Kier molecular flexibility index (Phi) is 6.98. The third kappa shape index (κ3) is 6.39. The summed E-state index contributed by atoms with van der Waals surface area (Å²) in [6, 6.07) is 12.0. The third-order valence-electron chi connectivity index (χ3n) is 4.44. The number of hydrogen-bond acceptors (Lipinski definition) is 4. The van der Waals surface area contributed by atoms with Gasteiger partial charge in [-0.15, -0.1) is 0 Å². The first-order valence-electron chi connectivity index (χ1n) is 9.48. The van der Waals surface area contributed by atoms with Gasteiger partial charge in [0, 0.05) is 18.7 Å². The lowest BCUT2D eigenvalue weighted by Crippen LogP contribution is -2.38. The standard InChI is InChI=1S/C21H23F3N2O3/c22-21(23,24)15-8-10-16(11-9-15)26-20(27)7-3-4-12-25-13-17-14-28-18-5-1-2-6-19(18)29-17/h1-2,5-6,8-11,17,25H,3-4,7,12-14H2,(H,26,27)/t17-/m1/s1. The van der Waals surface area contributed by atoms with Gasteiger partial charge in [0.1, 0.15) is 12.7 Å². The largest absolute Gasteiger partial charge is 0.486 e. The summed E-state index contributed by atoms with van der Waals surface area (Å²) in [6.45, 7) is 1.86. The Bertz CT molecular complexity index is 810. The van der Waals surface area contributed by atoms with Crippen LogP contribution < -0.4 is 20.1 Å². The molecule has 1 atom stereocenters. The number of fused-ring (bicyclic) bond motifs is 1. The van der Waals surface area contributed by atoms with Crippen molar-refractivity contribution < 1.29 is 27.4 Å². The Balaban J connectivity index is 1.27. The molecule has 156 valence electrons. The van der Waals surface area contributed by atoms with Gasteiger partial charge in [-0.3, -0.25) is 4.79 Å². The molecule has 2 N–H and O–H groups in total. The van der Waals surface area contributed by atoms with Crippen LogP contribution in [0.2, 0.25) is 0 Å². The fraction of sp³-hybridized carbons (Fsp3) is 0.381. The predicted molar refractivity (Wildman–Crippen MR) is 103 cm³/mol. The molecule has 2 aromatic carbocycles. The average Bonchev–Trinajstić information content (AvgIpc) is 2.70. The lowest BCUT2D eigenvalue weighted by atomic mass is 10.2. The first-order valence-corrected chi connectivity index (χ1v) is 9.48. The van der Waals surface area contributed by atoms with Gasteiger partial charge in [-0.25, -0.2) is 0 Å². The van der Waals surface area contributed by atoms with Crippen LogP contribution in [0.1, 0.15) is 24.8 Å². The molecule has 8 heteroatoms. The zero-order chi connectivity index (χ0) is 20.7. The van der Waals surface area contributed by atoms with Crippen molar-refractivity contribution in [2.24, 2.45) is 0 Å². The highest BCUT2D eigenvalue weighted by molar-refractivity contribution is 5.90. The smallest absolute Gasteiger partial charge is 0.416 e. The summed E-state index contributed by atoms with van der Waals surface area (Å²) in [7, 11) is 0. The summed E-state index contributed by atoms with van der Waals surface area (Å²) in [4.78, 5) is 11.9. The van der Waals surface area contributed by atoms with Gasteiger partial charge in [0.05, 0.1) is 5.56 Å². The van der Waals surface area contributed by atoms with Gasteiger partial charge in [0.25, 0.3) is 0 Å². The molecule has 1 aliphatic heterocycles. The molecule has 0 spiro atoms. The second-order valence-corrected chi connectivity index (χ2v) is 6.78. The number of ether oxygens (including phenoxy) is 2. The average molecular weight is 408 g/mol. The Morgan fingerprint density at radius 3 is 2.48 bits per heavy atom. The topological polar surface area (TPSA) is 59.6 Å². The van der Waals surface area contributed by atoms with E-state index in [1.807, 2.05) is 24.3 Å². The predicted octanol–water partition coefficient (Wildman–Crippen LogP) is 4.24. The summed E-state index contributed by atoms with van der Waals surface area (Å²) in [5, 5.41) is 5.90. The molecule has 1 amide bonds. The van der Waals surface area contributed by atoms with Crippen LogP contribution in [0.5, 0.6) is 11.5 Å². The van der Waals surface area contributed by atoms with E-state index in [9.17, 15) is 18.0 Å². The molecule has 0 fully saturated rings. The normalized spacial score (nSPS) is 15.8. The lowest BCUT2D eigenvalue weighted by Gasteiger charge is -2.26. The van der Waals surface area contributed by atoms with Crippen LogP contribution in [0.25, 0.3) is 0 Å². The highest BCUT2D eigenvalue weighted by Crippen LogP contribution is 2.31. The van der Waals surface area contributed by atoms with Crippen LogP contribution in [-0.4, -0.2) is 31.7 Å². The van der Waals surface area contributed by atoms with Crippen LogP contribution in [0.15, 0.2) is 48.5 Å². The number of nitrogens with one attached hydrogen (secondary N) is 2. The van der Waals surface area contributed by atoms with Crippen molar-refractivity contribution in [3.05, 3.63) is 54.1 Å². The Hall–Kier alpha value is -2.74. The molecule has 0 saturated heterocycles. The van der Waals surface area contributed by atoms with E-state index in [1.54, 1.807) is 0 Å². The zero-order valence-corrected chi connectivity index (χ0v) is 15.8. The van der Waals surface area contributed by atoms with Crippen molar-refractivity contribution in [2.75, 3.05) is 25.0 Å².